The summed E-state index contributed by atoms with van der Waals surface area (Å²) in [5, 5.41) is 48.0. The van der Waals surface area contributed by atoms with Gasteiger partial charge in [-0.1, -0.05) is 66.8 Å². The van der Waals surface area contributed by atoms with Crippen LogP contribution in [0.1, 0.15) is 162 Å². The lowest BCUT2D eigenvalue weighted by Gasteiger charge is -2.29. The molecule has 18 rings (SSSR count). The Morgan fingerprint density at radius 2 is 0.842 bits per heavy atom. The molecule has 6 aliphatic heterocycles. The van der Waals surface area contributed by atoms with Crippen molar-refractivity contribution in [2.75, 3.05) is 55.4 Å². The largest absolute Gasteiger partial charge is 0.480 e. The number of hydrogen-bond donors (Lipinski definition) is 11. The number of likely N-dealkylation sites (tertiary alicyclic amines) is 2. The van der Waals surface area contributed by atoms with Crippen molar-refractivity contribution in [3.63, 3.8) is 0 Å². The molecule has 0 unspecified atom stereocenters. The Bertz CT molecular complexity index is 6680. The van der Waals surface area contributed by atoms with Crippen molar-refractivity contribution in [1.29, 1.82) is 0 Å². The molecule has 11 amide bonds. The highest BCUT2D eigenvalue weighted by Gasteiger charge is 2.69. The van der Waals surface area contributed by atoms with Gasteiger partial charge in [0.1, 0.15) is 103 Å². The van der Waals surface area contributed by atoms with Crippen molar-refractivity contribution in [2.24, 2.45) is 16.2 Å². The zero-order valence-electron chi connectivity index (χ0n) is 81.7. The Morgan fingerprint density at radius 1 is 0.466 bits per heavy atom. The maximum Gasteiger partial charge on any atom is 0.411 e. The molecule has 0 radical (unpaired) electrons. The summed E-state index contributed by atoms with van der Waals surface area (Å²) in [6.45, 7) is 17.7. The summed E-state index contributed by atoms with van der Waals surface area (Å²) in [7, 11) is 0. The summed E-state index contributed by atoms with van der Waals surface area (Å²) in [4.78, 5) is 211. The summed E-state index contributed by atoms with van der Waals surface area (Å²) in [5.41, 5.74) is 5.09. The minimum absolute atomic E-state index is 0. The molecule has 9 aromatic rings. The van der Waals surface area contributed by atoms with Crippen LogP contribution in [0.15, 0.2) is 148 Å². The second kappa shape index (κ2) is 46.5. The molecule has 146 heavy (non-hydrogen) atoms. The molecule has 46 heteroatoms. The van der Waals surface area contributed by atoms with Crippen LogP contribution in [0.25, 0.3) is 44.1 Å². The van der Waals surface area contributed by atoms with E-state index in [1.807, 2.05) is 42.5 Å². The lowest BCUT2D eigenvalue weighted by atomic mass is 9.98. The highest BCUT2D eigenvalue weighted by molar-refractivity contribution is 9.11. The third-order valence-corrected chi connectivity index (χ3v) is 27.7. The van der Waals surface area contributed by atoms with Gasteiger partial charge in [-0.3, -0.25) is 76.6 Å². The number of halogens is 4. The van der Waals surface area contributed by atoms with Gasteiger partial charge in [0.2, 0.25) is 59.1 Å². The topological polar surface area (TPSA) is 549 Å². The third kappa shape index (κ3) is 26.5. The summed E-state index contributed by atoms with van der Waals surface area (Å²) < 4.78 is 27.4. The summed E-state index contributed by atoms with van der Waals surface area (Å²) in [5.74, 6) is -2.20. The fourth-order valence-electron chi connectivity index (χ4n) is 18.9. The van der Waals surface area contributed by atoms with Crippen LogP contribution in [0, 0.1) is 30.1 Å². The summed E-state index contributed by atoms with van der Waals surface area (Å²) in [6, 6.07) is 17.0. The number of aryl methyl sites for hydroxylation is 2. The first kappa shape index (κ1) is 108. The number of amides is 11. The number of anilines is 3. The van der Waals surface area contributed by atoms with Gasteiger partial charge in [-0.2, -0.15) is 10.2 Å². The monoisotopic (exact) mass is 2210 g/mol. The van der Waals surface area contributed by atoms with Crippen LogP contribution in [-0.2, 0) is 105 Å². The number of benzene rings is 2. The molecular formula is C100H113Br3ClN23O19. The molecule has 6 bridgehead atoms. The quantitative estimate of drug-likeness (QED) is 0.0326. The Labute approximate surface area is 870 Å². The molecule has 770 valence electrons. The minimum atomic E-state index is -1.01. The van der Waals surface area contributed by atoms with Crippen LogP contribution in [0.5, 0.6) is 0 Å². The van der Waals surface area contributed by atoms with E-state index in [-0.39, 0.29) is 184 Å². The number of carbonyl (C=O) groups excluding carboxylic acids is 13. The normalized spacial score (nSPS) is 23.9. The number of carboxylic acid groups (broad SMARTS) is 1. The lowest BCUT2D eigenvalue weighted by molar-refractivity contribution is -0.138. The van der Waals surface area contributed by atoms with Gasteiger partial charge < -0.3 is 82.1 Å². The number of piperidine rings is 3. The van der Waals surface area contributed by atoms with Crippen LogP contribution in [-0.4, -0.2) is 251 Å². The van der Waals surface area contributed by atoms with E-state index in [2.05, 4.69) is 146 Å². The van der Waals surface area contributed by atoms with Gasteiger partial charge in [-0.15, -0.1) is 12.4 Å². The summed E-state index contributed by atoms with van der Waals surface area (Å²) in [6.07, 6.45) is 21.3. The highest BCUT2D eigenvalue weighted by atomic mass is 79.9. The van der Waals surface area contributed by atoms with E-state index in [1.54, 1.807) is 131 Å². The van der Waals surface area contributed by atoms with Crippen LogP contribution in [0.2, 0.25) is 0 Å². The smallest absolute Gasteiger partial charge is 0.411 e. The minimum Gasteiger partial charge on any atom is -0.480 e. The number of ketones is 2. The van der Waals surface area contributed by atoms with Gasteiger partial charge in [-0.25, -0.2) is 39.7 Å². The van der Waals surface area contributed by atoms with Crippen molar-refractivity contribution < 1.29 is 91.2 Å². The molecule has 7 aromatic heterocycles. The zero-order valence-corrected chi connectivity index (χ0v) is 87.3. The van der Waals surface area contributed by atoms with E-state index < -0.39 is 64.6 Å². The zero-order chi connectivity index (χ0) is 104. The SMILES string of the molecule is CC(=O)N[C@H]1CC=CCOCc2ccc(Br)nc2NC(=O)[C@@H]2C[C@@]3(CNC1=O)C[C@H]3N2.CC(=O)N[C@H]1CC=CCOCc2ccc(Br)nc2NC(=O)[C@@H]2C[C@@]3(CNC1=O)C[C@H]3N2C(=O)Cn1nc(C(C)=O)c2cc(-c3cnc(C)nc3)ccc21.CC(=O)N[C@H]1CC=CCOCc2ccc(Br)nc2NC(=O)[C@@H]2C[C@@]3(CNC1=O)C[C@H]3N2C(=O)OC(C)(C)C.CC(=O)c1nn(CC(=O)O)c2ccc(-c3cnc(C)nc3)cc12.Cl. The molecule has 11 N–H and O–H groups in total. The summed E-state index contributed by atoms with van der Waals surface area (Å²) >= 11 is 10.1. The lowest BCUT2D eigenvalue weighted by Crippen LogP contribution is -2.47. The third-order valence-electron chi connectivity index (χ3n) is 26.3. The molecule has 3 saturated carbocycles. The van der Waals surface area contributed by atoms with Crippen molar-refractivity contribution in [3.8, 4) is 22.3 Å². The number of pyridine rings is 3. The van der Waals surface area contributed by atoms with Crippen LogP contribution in [0.3, 0.4) is 0 Å². The highest BCUT2D eigenvalue weighted by Crippen LogP contribution is 2.61. The Kier molecular flexibility index (Phi) is 34.5. The number of hydrogen-bond acceptors (Lipinski definition) is 28. The molecule has 13 heterocycles. The number of nitrogens with zero attached hydrogens (tertiary/aromatic N) is 13. The number of aliphatic carboxylic acids is 1. The molecule has 3 spiro atoms. The number of fused-ring (bicyclic) bond motifs is 8. The molecule has 9 aliphatic rings. The van der Waals surface area contributed by atoms with Gasteiger partial charge >= 0.3 is 12.1 Å². The van der Waals surface area contributed by atoms with E-state index in [0.717, 1.165) is 34.2 Å². The van der Waals surface area contributed by atoms with Crippen molar-refractivity contribution in [3.05, 3.63) is 188 Å². The first-order valence-electron chi connectivity index (χ1n) is 47.3. The fraction of sp³-hybridized carbons (Fsp3) is 0.430. The molecule has 12 atom stereocenters. The van der Waals surface area contributed by atoms with E-state index in [1.165, 1.54) is 48.9 Å². The number of rotatable bonds is 11. The Balaban J connectivity index is 0.000000160. The van der Waals surface area contributed by atoms with Gasteiger partial charge in [0, 0.05) is 152 Å². The van der Waals surface area contributed by atoms with Crippen LogP contribution < -0.4 is 53.2 Å². The standard InChI is InChI=1S/C37H38BrN9O6.C26H34BrN5O6.C21H26BrN5O4.C16H14N4O3.ClH/c1-20(48)33-26-12-23(25-15-39-21(2)40-16-25)7-9-28(26)46(45-33)17-32(50)47-29-13-37(14-30(37)47)19-41-35(51)27(42-22(3)49)6-4-5-11-53-18-24-8-10-31(38)43-34(24)44-36(29)52;1-15(33)29-17-7-5-6-10-37-13-16-8-9-20(27)30-21(16)31-23(35)18-11-26(14-28-22(17)34)12-19(26)32(18)24(36)38-25(2,3)4;1-12(28)24-14-4-2-3-7-31-10-13-5-6-17(22)26-18(13)27-20(30)15-8-21(9-16(21)25-15)11-23-19(14)29;1-9(21)16-13-5-11(12-6-17-10(2)18-7-12)3-4-14(13)20(19-16)8-15(22)23;/h4-5,7-10,12,15-16,27,29-30H,6,11,13-14,17-19H2,1-3H3,(H,41,51)(H,42,49)(H,43,44,52);5-6,8-9,17-19H,7,10-14H2,1-4H3,(H,28,34)(H,29,33)(H,30,31,35);2-3,5-6,14-16,25H,4,7-11H2,1H3,(H,23,29)(H,24,28)(H,26,27,30);3-7H,8H2,1-2H3,(H,22,23);1H/t27-,29-,30+,37-;17-,18-,19+,26-;14-,15-,16+,21-;;/m000../s1. The van der Waals surface area contributed by atoms with Gasteiger partial charge in [-0.05, 0) is 194 Å². The molecule has 3 saturated heterocycles. The molecular weight excluding hydrogens is 2100 g/mol. The van der Waals surface area contributed by atoms with E-state index in [4.69, 9.17) is 24.1 Å². The first-order valence-corrected chi connectivity index (χ1v) is 49.6. The number of carbonyl (C=O) groups is 14. The first-order chi connectivity index (χ1) is 69.1. The number of aromatic nitrogens is 11. The second-order valence-electron chi connectivity index (χ2n) is 38.3. The molecule has 2 aromatic carbocycles. The van der Waals surface area contributed by atoms with E-state index in [9.17, 15) is 67.1 Å². The molecule has 42 nitrogen and oxygen atoms in total. The number of ether oxygens (including phenoxy) is 4. The van der Waals surface area contributed by atoms with Crippen molar-refractivity contribution in [1.82, 2.24) is 101 Å². The number of nitrogens with one attached hydrogen (secondary N) is 10. The van der Waals surface area contributed by atoms with Crippen molar-refractivity contribution >= 4 is 182 Å². The van der Waals surface area contributed by atoms with Crippen LogP contribution in [0.4, 0.5) is 22.2 Å². The predicted octanol–water partition coefficient (Wildman–Crippen LogP) is 9.42. The maximum absolute atomic E-state index is 14.4. The second-order valence-corrected chi connectivity index (χ2v) is 40.8. The Morgan fingerprint density at radius 3 is 1.23 bits per heavy atom. The average molecular weight is 2220 g/mol. The van der Waals surface area contributed by atoms with E-state index in [0.29, 0.717) is 134 Å². The van der Waals surface area contributed by atoms with Gasteiger partial charge in [0.25, 0.3) is 0 Å². The Hall–Kier alpha value is -13.4. The molecule has 6 fully saturated rings. The van der Waals surface area contributed by atoms with Crippen LogP contribution >= 0.6 is 60.2 Å². The predicted molar refractivity (Wildman–Crippen MR) is 545 cm³/mol. The maximum atomic E-state index is 14.4. The van der Waals surface area contributed by atoms with Gasteiger partial charge in [0.05, 0.1) is 56.7 Å². The average Bonchev–Trinajstić information content (AvgIpc) is 1.08. The van der Waals surface area contributed by atoms with E-state index >= 15 is 0 Å². The molecule has 3 aliphatic carbocycles. The van der Waals surface area contributed by atoms with Crippen molar-refractivity contribution in [2.45, 2.75) is 220 Å². The fourth-order valence-corrected chi connectivity index (χ4v) is 19.8. The number of carboxylic acids is 1. The number of Topliss-reactive ketones (excluding diaryl/α,β-unsaturated/α-hetero) is 2. The van der Waals surface area contributed by atoms with Gasteiger partial charge in [0.15, 0.2) is 11.6 Å².